The summed E-state index contributed by atoms with van der Waals surface area (Å²) < 4.78 is 0.564. The molecule has 0 amide bonds. The minimum absolute atomic E-state index is 0.0212. The van der Waals surface area contributed by atoms with E-state index < -0.39 is 4.92 Å². The summed E-state index contributed by atoms with van der Waals surface area (Å²) in [5.41, 5.74) is 1.49. The van der Waals surface area contributed by atoms with Gasteiger partial charge in [-0.15, -0.1) is 11.3 Å². The van der Waals surface area contributed by atoms with E-state index in [1.54, 1.807) is 25.1 Å². The standard InChI is InChI=1S/C13H10N2O3S2/c1-8-12(20-13(19)14-8)11(16)7-4-9-2-5-10(6-3-9)15(17)18/h2-7H,1H3,(H,14,19)/b7-4+. The van der Waals surface area contributed by atoms with Gasteiger partial charge in [0.05, 0.1) is 9.80 Å². The number of hydrogen-bond acceptors (Lipinski definition) is 5. The number of aromatic amines is 1. The topological polar surface area (TPSA) is 76.0 Å². The summed E-state index contributed by atoms with van der Waals surface area (Å²) in [6, 6.07) is 5.98. The number of nitro benzene ring substituents is 1. The Balaban J connectivity index is 2.17. The number of nitro groups is 1. The third kappa shape index (κ3) is 3.25. The second-order valence-electron chi connectivity index (χ2n) is 4.01. The van der Waals surface area contributed by atoms with Crippen molar-refractivity contribution in [2.75, 3.05) is 0 Å². The third-order valence-corrected chi connectivity index (χ3v) is 3.93. The lowest BCUT2D eigenvalue weighted by atomic mass is 10.1. The molecule has 1 N–H and O–H groups in total. The molecule has 0 radical (unpaired) electrons. The van der Waals surface area contributed by atoms with Gasteiger partial charge in [0.25, 0.3) is 5.69 Å². The number of hydrogen-bond donors (Lipinski definition) is 1. The molecular weight excluding hydrogens is 296 g/mol. The zero-order valence-electron chi connectivity index (χ0n) is 10.5. The molecule has 0 fully saturated rings. The predicted octanol–water partition coefficient (Wildman–Crippen LogP) is 3.92. The molecule has 2 aromatic rings. The first-order chi connectivity index (χ1) is 9.47. The van der Waals surface area contributed by atoms with E-state index in [1.165, 1.54) is 29.5 Å². The Morgan fingerprint density at radius 3 is 2.55 bits per heavy atom. The second kappa shape index (κ2) is 5.89. The lowest BCUT2D eigenvalue weighted by molar-refractivity contribution is -0.384. The fourth-order valence-electron chi connectivity index (χ4n) is 1.59. The number of nitrogens with zero attached hydrogens (tertiary/aromatic N) is 1. The number of allylic oxidation sites excluding steroid dienone is 1. The molecule has 5 nitrogen and oxygen atoms in total. The van der Waals surface area contributed by atoms with Crippen molar-refractivity contribution in [3.8, 4) is 0 Å². The number of non-ortho nitro benzene ring substituents is 1. The number of aromatic nitrogens is 1. The Labute approximate surface area is 123 Å². The van der Waals surface area contributed by atoms with Gasteiger partial charge in [0.2, 0.25) is 0 Å². The van der Waals surface area contributed by atoms with Crippen molar-refractivity contribution in [2.24, 2.45) is 0 Å². The van der Waals surface area contributed by atoms with Gasteiger partial charge in [0, 0.05) is 17.8 Å². The fourth-order valence-corrected chi connectivity index (χ4v) is 2.76. The average molecular weight is 306 g/mol. The summed E-state index contributed by atoms with van der Waals surface area (Å²) in [5.74, 6) is -0.141. The Bertz CT molecular complexity index is 742. The van der Waals surface area contributed by atoms with Crippen molar-refractivity contribution in [3.05, 3.63) is 60.5 Å². The van der Waals surface area contributed by atoms with Crippen LogP contribution in [0.15, 0.2) is 30.3 Å². The predicted molar refractivity (Wildman–Crippen MR) is 80.7 cm³/mol. The zero-order chi connectivity index (χ0) is 14.7. The van der Waals surface area contributed by atoms with Crippen LogP contribution >= 0.6 is 23.6 Å². The van der Waals surface area contributed by atoms with Crippen LogP contribution in [0.4, 0.5) is 5.69 Å². The largest absolute Gasteiger partial charge is 0.340 e. The lowest BCUT2D eigenvalue weighted by Crippen LogP contribution is -1.93. The second-order valence-corrected chi connectivity index (χ2v) is 5.70. The van der Waals surface area contributed by atoms with Crippen LogP contribution < -0.4 is 0 Å². The maximum Gasteiger partial charge on any atom is 0.269 e. The smallest absolute Gasteiger partial charge is 0.269 e. The lowest BCUT2D eigenvalue weighted by Gasteiger charge is -1.94. The molecule has 0 saturated carbocycles. The van der Waals surface area contributed by atoms with Crippen LogP contribution in [0.3, 0.4) is 0 Å². The summed E-state index contributed by atoms with van der Waals surface area (Å²) in [7, 11) is 0. The van der Waals surface area contributed by atoms with Crippen molar-refractivity contribution < 1.29 is 9.72 Å². The highest BCUT2D eigenvalue weighted by molar-refractivity contribution is 7.73. The van der Waals surface area contributed by atoms with Gasteiger partial charge < -0.3 is 4.98 Å². The number of aryl methyl sites for hydroxylation is 1. The van der Waals surface area contributed by atoms with Crippen molar-refractivity contribution >= 4 is 41.1 Å². The third-order valence-electron chi connectivity index (χ3n) is 2.58. The van der Waals surface area contributed by atoms with Gasteiger partial charge in [-0.05, 0) is 42.9 Å². The summed E-state index contributed by atoms with van der Waals surface area (Å²) in [4.78, 5) is 25.5. The number of benzene rings is 1. The molecule has 20 heavy (non-hydrogen) atoms. The molecule has 0 spiro atoms. The number of nitrogens with one attached hydrogen (secondary N) is 1. The van der Waals surface area contributed by atoms with Crippen LogP contribution in [0.5, 0.6) is 0 Å². The molecule has 0 aliphatic rings. The van der Waals surface area contributed by atoms with Crippen LogP contribution in [0, 0.1) is 21.0 Å². The van der Waals surface area contributed by atoms with Gasteiger partial charge in [-0.2, -0.15) is 0 Å². The van der Waals surface area contributed by atoms with Gasteiger partial charge in [-0.1, -0.05) is 6.08 Å². The van der Waals surface area contributed by atoms with Crippen molar-refractivity contribution in [1.82, 2.24) is 4.98 Å². The first-order valence-corrected chi connectivity index (χ1v) is 6.86. The highest BCUT2D eigenvalue weighted by Crippen LogP contribution is 2.17. The first-order valence-electron chi connectivity index (χ1n) is 5.64. The van der Waals surface area contributed by atoms with E-state index in [4.69, 9.17) is 12.2 Å². The molecule has 7 heteroatoms. The highest BCUT2D eigenvalue weighted by atomic mass is 32.1. The molecule has 1 heterocycles. The maximum atomic E-state index is 12.0. The summed E-state index contributed by atoms with van der Waals surface area (Å²) >= 11 is 6.21. The van der Waals surface area contributed by atoms with Gasteiger partial charge in [0.15, 0.2) is 9.74 Å². The van der Waals surface area contributed by atoms with E-state index in [1.807, 2.05) is 0 Å². The Morgan fingerprint density at radius 1 is 1.40 bits per heavy atom. The number of carbonyl (C=O) groups excluding carboxylic acids is 1. The molecule has 0 aliphatic carbocycles. The number of ketones is 1. The number of carbonyl (C=O) groups is 1. The summed E-state index contributed by atoms with van der Waals surface area (Å²) in [6.07, 6.45) is 3.05. The molecular formula is C13H10N2O3S2. The minimum atomic E-state index is -0.464. The molecule has 2 rings (SSSR count). The Hall–Kier alpha value is -2.12. The van der Waals surface area contributed by atoms with E-state index in [0.29, 0.717) is 8.83 Å². The van der Waals surface area contributed by atoms with Crippen molar-refractivity contribution in [3.63, 3.8) is 0 Å². The molecule has 1 aromatic carbocycles. The SMILES string of the molecule is Cc1[nH]c(=S)sc1C(=O)/C=C/c1ccc([N+](=O)[O-])cc1. The highest BCUT2D eigenvalue weighted by Gasteiger charge is 2.09. The molecule has 0 unspecified atom stereocenters. The normalized spacial score (nSPS) is 10.8. The van der Waals surface area contributed by atoms with Gasteiger partial charge in [-0.3, -0.25) is 14.9 Å². The molecule has 102 valence electrons. The Kier molecular flexibility index (Phi) is 4.21. The summed E-state index contributed by atoms with van der Waals surface area (Å²) in [5, 5.41) is 10.5. The van der Waals surface area contributed by atoms with Crippen LogP contribution in [-0.2, 0) is 0 Å². The number of H-pyrrole nitrogens is 1. The van der Waals surface area contributed by atoms with Gasteiger partial charge in [-0.25, -0.2) is 0 Å². The number of rotatable bonds is 4. The van der Waals surface area contributed by atoms with E-state index in [2.05, 4.69) is 4.98 Å². The molecule has 0 saturated heterocycles. The van der Waals surface area contributed by atoms with Crippen LogP contribution in [0.25, 0.3) is 6.08 Å². The zero-order valence-corrected chi connectivity index (χ0v) is 12.1. The van der Waals surface area contributed by atoms with Crippen molar-refractivity contribution in [1.29, 1.82) is 0 Å². The molecule has 0 atom stereocenters. The monoisotopic (exact) mass is 306 g/mol. The van der Waals surface area contributed by atoms with E-state index >= 15 is 0 Å². The van der Waals surface area contributed by atoms with E-state index in [9.17, 15) is 14.9 Å². The summed E-state index contributed by atoms with van der Waals surface area (Å²) in [6.45, 7) is 1.79. The molecule has 0 aliphatic heterocycles. The van der Waals surface area contributed by atoms with E-state index in [-0.39, 0.29) is 11.5 Å². The average Bonchev–Trinajstić information content (AvgIpc) is 2.75. The number of thiazole rings is 1. The van der Waals surface area contributed by atoms with E-state index in [0.717, 1.165) is 11.3 Å². The molecule has 1 aromatic heterocycles. The Morgan fingerprint density at radius 2 is 2.05 bits per heavy atom. The van der Waals surface area contributed by atoms with Crippen LogP contribution in [0.1, 0.15) is 20.9 Å². The van der Waals surface area contributed by atoms with Gasteiger partial charge >= 0.3 is 0 Å². The van der Waals surface area contributed by atoms with Crippen molar-refractivity contribution in [2.45, 2.75) is 6.92 Å². The first kappa shape index (κ1) is 14.3. The van der Waals surface area contributed by atoms with Crippen LogP contribution in [0.2, 0.25) is 0 Å². The molecule has 0 bridgehead atoms. The minimum Gasteiger partial charge on any atom is -0.340 e. The van der Waals surface area contributed by atoms with Crippen LogP contribution in [-0.4, -0.2) is 15.7 Å². The maximum absolute atomic E-state index is 12.0. The fraction of sp³-hybridized carbons (Fsp3) is 0.0769. The quantitative estimate of drug-likeness (QED) is 0.305. The van der Waals surface area contributed by atoms with Gasteiger partial charge in [0.1, 0.15) is 0 Å².